The molecule has 0 amide bonds. The van der Waals surface area contributed by atoms with E-state index in [2.05, 4.69) is 6.58 Å². The van der Waals surface area contributed by atoms with E-state index in [9.17, 15) is 14.7 Å². The van der Waals surface area contributed by atoms with E-state index in [1.54, 1.807) is 13.0 Å². The Morgan fingerprint density at radius 3 is 2.71 bits per heavy atom. The number of carbonyl (C=O) groups excluding carboxylic acids is 2. The average molecular weight is 390 g/mol. The van der Waals surface area contributed by atoms with Crippen LogP contribution in [0.3, 0.4) is 0 Å². The van der Waals surface area contributed by atoms with E-state index in [0.717, 1.165) is 0 Å². The molecule has 0 spiro atoms. The second-order valence-corrected chi connectivity index (χ2v) is 8.69. The number of aliphatic hydroxyl groups is 1. The van der Waals surface area contributed by atoms with E-state index in [1.807, 2.05) is 32.1 Å². The Morgan fingerprint density at radius 2 is 2.04 bits per heavy atom. The van der Waals surface area contributed by atoms with Gasteiger partial charge in [0.15, 0.2) is 0 Å². The van der Waals surface area contributed by atoms with E-state index in [1.165, 1.54) is 6.92 Å². The maximum atomic E-state index is 12.2. The van der Waals surface area contributed by atoms with Crippen LogP contribution in [0.4, 0.5) is 0 Å². The van der Waals surface area contributed by atoms with E-state index in [0.29, 0.717) is 24.8 Å². The van der Waals surface area contributed by atoms with Crippen LogP contribution in [-0.4, -0.2) is 46.6 Å². The minimum atomic E-state index is -0.978. The van der Waals surface area contributed by atoms with Crippen LogP contribution < -0.4 is 0 Å². The lowest BCUT2D eigenvalue weighted by Gasteiger charge is -2.30. The molecule has 0 aromatic heterocycles. The number of hydrogen-bond donors (Lipinski definition) is 1. The molecule has 3 aliphatic rings. The third-order valence-electron chi connectivity index (χ3n) is 5.97. The summed E-state index contributed by atoms with van der Waals surface area (Å²) < 4.78 is 17.1. The molecule has 0 bridgehead atoms. The third-order valence-corrected chi connectivity index (χ3v) is 5.97. The predicted molar refractivity (Wildman–Crippen MR) is 103 cm³/mol. The zero-order valence-electron chi connectivity index (χ0n) is 17.0. The van der Waals surface area contributed by atoms with Gasteiger partial charge in [-0.3, -0.25) is 4.79 Å². The second-order valence-electron chi connectivity index (χ2n) is 8.69. The highest BCUT2D eigenvalue weighted by molar-refractivity contribution is 5.91. The van der Waals surface area contributed by atoms with Crippen LogP contribution in [-0.2, 0) is 23.8 Å². The molecular weight excluding hydrogens is 360 g/mol. The van der Waals surface area contributed by atoms with Gasteiger partial charge in [-0.05, 0) is 33.1 Å². The molecule has 0 aromatic rings. The van der Waals surface area contributed by atoms with Crippen LogP contribution in [0.25, 0.3) is 0 Å². The highest BCUT2D eigenvalue weighted by Crippen LogP contribution is 2.47. The fourth-order valence-corrected chi connectivity index (χ4v) is 4.11. The first-order chi connectivity index (χ1) is 13.0. The van der Waals surface area contributed by atoms with Gasteiger partial charge < -0.3 is 19.3 Å². The van der Waals surface area contributed by atoms with Crippen molar-refractivity contribution >= 4 is 11.9 Å². The molecule has 154 valence electrons. The number of epoxide rings is 1. The Morgan fingerprint density at radius 1 is 1.32 bits per heavy atom. The van der Waals surface area contributed by atoms with Crippen molar-refractivity contribution in [1.29, 1.82) is 0 Å². The van der Waals surface area contributed by atoms with Crippen molar-refractivity contribution in [1.82, 2.24) is 0 Å². The first-order valence-corrected chi connectivity index (χ1v) is 9.84. The van der Waals surface area contributed by atoms with Gasteiger partial charge in [-0.2, -0.15) is 0 Å². The molecule has 7 unspecified atom stereocenters. The lowest BCUT2D eigenvalue weighted by molar-refractivity contribution is -0.163. The Bertz CT molecular complexity index is 721. The monoisotopic (exact) mass is 390 g/mol. The first-order valence-electron chi connectivity index (χ1n) is 9.84. The minimum Gasteiger partial charge on any atom is -0.458 e. The maximum Gasteiger partial charge on any atom is 0.334 e. The van der Waals surface area contributed by atoms with E-state index in [4.69, 9.17) is 14.2 Å². The molecule has 6 nitrogen and oxygen atoms in total. The number of rotatable bonds is 1. The molecule has 0 saturated carbocycles. The van der Waals surface area contributed by atoms with Crippen LogP contribution in [0.5, 0.6) is 0 Å². The topological polar surface area (TPSA) is 85.4 Å². The summed E-state index contributed by atoms with van der Waals surface area (Å²) in [6.45, 7) is 10.9. The zero-order valence-corrected chi connectivity index (χ0v) is 17.0. The van der Waals surface area contributed by atoms with Crippen molar-refractivity contribution in [3.05, 3.63) is 36.5 Å². The highest BCUT2D eigenvalue weighted by atomic mass is 16.6. The lowest BCUT2D eigenvalue weighted by Crippen LogP contribution is -2.40. The summed E-state index contributed by atoms with van der Waals surface area (Å²) in [5.74, 6) is -1.35. The van der Waals surface area contributed by atoms with E-state index < -0.39 is 29.7 Å². The molecule has 28 heavy (non-hydrogen) atoms. The van der Waals surface area contributed by atoms with E-state index in [-0.39, 0.29) is 23.5 Å². The molecule has 0 aromatic carbocycles. The van der Waals surface area contributed by atoms with Crippen molar-refractivity contribution in [2.24, 2.45) is 11.8 Å². The van der Waals surface area contributed by atoms with Gasteiger partial charge in [-0.25, -0.2) is 4.79 Å². The molecule has 2 saturated heterocycles. The van der Waals surface area contributed by atoms with Crippen LogP contribution in [0.1, 0.15) is 47.0 Å². The summed E-state index contributed by atoms with van der Waals surface area (Å²) in [7, 11) is 0. The SMILES string of the molecule is C=C1C(=O)OC2C1CC1OC1(C)CC=CC(C)(O)CC=CC(C)C2OC(C)=O. The Kier molecular flexibility index (Phi) is 5.56. The van der Waals surface area contributed by atoms with Crippen molar-refractivity contribution in [3.63, 3.8) is 0 Å². The first kappa shape index (κ1) is 20.8. The highest BCUT2D eigenvalue weighted by Gasteiger charge is 2.56. The summed E-state index contributed by atoms with van der Waals surface area (Å²) >= 11 is 0. The fourth-order valence-electron chi connectivity index (χ4n) is 4.11. The number of fused-ring (bicyclic) bond motifs is 2. The molecule has 1 N–H and O–H groups in total. The smallest absolute Gasteiger partial charge is 0.334 e. The quantitative estimate of drug-likeness (QED) is 0.321. The van der Waals surface area contributed by atoms with Crippen LogP contribution in [0, 0.1) is 11.8 Å². The van der Waals surface area contributed by atoms with Gasteiger partial charge in [-0.15, -0.1) is 0 Å². The lowest BCUT2D eigenvalue weighted by atomic mass is 9.82. The van der Waals surface area contributed by atoms with Gasteiger partial charge in [0.1, 0.15) is 12.2 Å². The zero-order chi connectivity index (χ0) is 20.7. The standard InChI is InChI=1S/C22H30O6/c1-13-8-6-9-21(4,25)10-7-11-22(5)17(28-22)12-16-14(2)20(24)27-19(16)18(13)26-15(3)23/h6-8,10,13,16-19,25H,2,9,11-12H2,1,3-5H3. The summed E-state index contributed by atoms with van der Waals surface area (Å²) in [5, 5.41) is 10.5. The third kappa shape index (κ3) is 4.39. The van der Waals surface area contributed by atoms with Gasteiger partial charge in [-0.1, -0.05) is 37.8 Å². The second kappa shape index (κ2) is 7.48. The summed E-state index contributed by atoms with van der Waals surface area (Å²) in [4.78, 5) is 24.0. The maximum absolute atomic E-state index is 12.2. The van der Waals surface area contributed by atoms with Crippen LogP contribution in [0.2, 0.25) is 0 Å². The largest absolute Gasteiger partial charge is 0.458 e. The van der Waals surface area contributed by atoms with Crippen LogP contribution >= 0.6 is 0 Å². The van der Waals surface area contributed by atoms with Gasteiger partial charge in [0.2, 0.25) is 0 Å². The minimum absolute atomic E-state index is 0.0485. The van der Waals surface area contributed by atoms with Gasteiger partial charge in [0.25, 0.3) is 0 Å². The Labute approximate surface area is 166 Å². The molecule has 2 heterocycles. The molecule has 1 aliphatic carbocycles. The van der Waals surface area contributed by atoms with Crippen molar-refractivity contribution < 1.29 is 28.9 Å². The number of carbonyl (C=O) groups is 2. The summed E-state index contributed by atoms with van der Waals surface area (Å²) in [6.07, 6.45) is 7.89. The Hall–Kier alpha value is -1.92. The average Bonchev–Trinajstić information content (AvgIpc) is 3.13. The molecule has 7 atom stereocenters. The van der Waals surface area contributed by atoms with Gasteiger partial charge >= 0.3 is 11.9 Å². The van der Waals surface area contributed by atoms with Crippen molar-refractivity contribution in [2.45, 2.75) is 76.5 Å². The summed E-state index contributed by atoms with van der Waals surface area (Å²) in [5.41, 5.74) is -0.915. The van der Waals surface area contributed by atoms with Crippen molar-refractivity contribution in [3.8, 4) is 0 Å². The number of esters is 2. The van der Waals surface area contributed by atoms with Gasteiger partial charge in [0, 0.05) is 24.3 Å². The summed E-state index contributed by atoms with van der Waals surface area (Å²) in [6, 6.07) is 0. The number of hydrogen-bond acceptors (Lipinski definition) is 6. The van der Waals surface area contributed by atoms with Crippen LogP contribution in [0.15, 0.2) is 36.5 Å². The normalized spacial score (nSPS) is 43.5. The predicted octanol–water partition coefficient (Wildman–Crippen LogP) is 2.86. The molecule has 6 heteroatoms. The Balaban J connectivity index is 1.93. The molecule has 2 aliphatic heterocycles. The molecular formula is C22H30O6. The van der Waals surface area contributed by atoms with E-state index >= 15 is 0 Å². The molecule has 0 radical (unpaired) electrons. The van der Waals surface area contributed by atoms with Crippen molar-refractivity contribution in [2.75, 3.05) is 0 Å². The van der Waals surface area contributed by atoms with Gasteiger partial charge in [0.05, 0.1) is 17.3 Å². The molecule has 2 fully saturated rings. The molecule has 3 rings (SSSR count). The number of ether oxygens (including phenoxy) is 3. The fraction of sp³-hybridized carbons (Fsp3) is 0.636.